The SMILES string of the molecule is C#C[C@]1(O)CCC2=Cc3c(cnn3-c3ccccc3)C[C@@]21CC.CC[C@]12Cc3cnn(-c4ccccc4)c3C=C1CC[C@@]2(O)C#Cc1ccc(F)cc1C#N.CC[C@]12Cc3cnn(-c4ccccc4)c3C=C1CC[C@@]2(O)CCc1ccc(F)cc1C#N.CC[C@]12Cc3cnn(-c4ccccc4)c3C=C1CC[C@@]2(O)CCc1ccc(F)cc1C(N)=O.N#Cc1cc(F)ccc1Br. The number of aryl methyl sites for hydroxylation is 2. The number of terminal acetylenes is 1. The molecule has 0 spiro atoms. The van der Waals surface area contributed by atoms with Crippen LogP contribution in [0, 0.1) is 103 Å². The molecule has 8 aromatic carbocycles. The van der Waals surface area contributed by atoms with Crippen molar-refractivity contribution in [3.05, 3.63) is 353 Å². The van der Waals surface area contributed by atoms with E-state index in [9.17, 15) is 53.3 Å². The number of benzene rings is 8. The van der Waals surface area contributed by atoms with Gasteiger partial charge in [-0.1, -0.05) is 153 Å². The van der Waals surface area contributed by atoms with E-state index in [1.54, 1.807) is 12.1 Å². The summed E-state index contributed by atoms with van der Waals surface area (Å²) in [6.45, 7) is 8.48. The van der Waals surface area contributed by atoms with Crippen LogP contribution in [0.25, 0.3) is 47.1 Å². The first kappa shape index (κ1) is 90.0. The fraction of sp³-hybridized carbons (Fsp3) is 0.296. The number of aliphatic hydroxyl groups is 4. The summed E-state index contributed by atoms with van der Waals surface area (Å²) < 4.78 is 61.5. The first-order valence-corrected chi connectivity index (χ1v) is 45.1. The minimum Gasteiger partial charge on any atom is -0.389 e. The Bertz CT molecular complexity index is 6740. The number of carbonyl (C=O) groups excluding carboxylic acids is 1. The van der Waals surface area contributed by atoms with Crippen molar-refractivity contribution >= 4 is 46.1 Å². The van der Waals surface area contributed by atoms with E-state index in [1.807, 2.05) is 165 Å². The Morgan fingerprint density at radius 1 is 0.423 bits per heavy atom. The van der Waals surface area contributed by atoms with E-state index in [2.05, 4.69) is 124 Å². The van der Waals surface area contributed by atoms with Crippen molar-refractivity contribution in [2.45, 2.75) is 179 Å². The van der Waals surface area contributed by atoms with Crippen LogP contribution in [0.4, 0.5) is 17.6 Å². The molecule has 22 heteroatoms. The summed E-state index contributed by atoms with van der Waals surface area (Å²) in [5.74, 6) is 6.36. The van der Waals surface area contributed by atoms with Gasteiger partial charge in [0.2, 0.25) is 5.91 Å². The van der Waals surface area contributed by atoms with Gasteiger partial charge in [-0.15, -0.1) is 6.42 Å². The number of nitriles is 3. The molecule has 8 aliphatic carbocycles. The summed E-state index contributed by atoms with van der Waals surface area (Å²) in [5, 5.41) is 92.3. The van der Waals surface area contributed by atoms with E-state index < -0.39 is 51.2 Å². The Hall–Kier alpha value is -13.3. The average Bonchev–Trinajstić information content (AvgIpc) is 1.58. The summed E-state index contributed by atoms with van der Waals surface area (Å²) in [6.07, 6.45) is 36.1. The predicted molar refractivity (Wildman–Crippen MR) is 497 cm³/mol. The molecule has 0 unspecified atom stereocenters. The highest BCUT2D eigenvalue weighted by atomic mass is 79.9. The fourth-order valence-electron chi connectivity index (χ4n) is 21.9. The maximum Gasteiger partial charge on any atom is 0.249 e. The average molecular weight is 1800 g/mol. The van der Waals surface area contributed by atoms with Gasteiger partial charge in [-0.05, 0) is 311 Å². The van der Waals surface area contributed by atoms with E-state index in [4.69, 9.17) is 17.4 Å². The number of hydrogen-bond donors (Lipinski definition) is 5. The van der Waals surface area contributed by atoms with Crippen LogP contribution in [-0.2, 0) is 38.5 Å². The molecule has 130 heavy (non-hydrogen) atoms. The van der Waals surface area contributed by atoms with E-state index in [0.29, 0.717) is 84.5 Å². The number of nitrogens with two attached hydrogens (primary N) is 1. The first-order valence-electron chi connectivity index (χ1n) is 44.3. The van der Waals surface area contributed by atoms with Crippen LogP contribution in [0.5, 0.6) is 0 Å². The highest BCUT2D eigenvalue weighted by Gasteiger charge is 2.61. The Labute approximate surface area is 763 Å². The third kappa shape index (κ3) is 16.3. The van der Waals surface area contributed by atoms with E-state index in [1.165, 1.54) is 83.0 Å². The first-order chi connectivity index (χ1) is 62.7. The number of carbonyl (C=O) groups is 1. The van der Waals surface area contributed by atoms with Gasteiger partial charge in [-0.25, -0.2) is 36.3 Å². The van der Waals surface area contributed by atoms with E-state index in [0.717, 1.165) is 144 Å². The smallest absolute Gasteiger partial charge is 0.249 e. The Balaban J connectivity index is 0.000000123. The highest BCUT2D eigenvalue weighted by molar-refractivity contribution is 9.10. The Kier molecular flexibility index (Phi) is 25.4. The van der Waals surface area contributed by atoms with Crippen LogP contribution < -0.4 is 5.73 Å². The zero-order chi connectivity index (χ0) is 91.6. The molecule has 0 saturated heterocycles. The zero-order valence-corrected chi connectivity index (χ0v) is 74.5. The maximum atomic E-state index is 13.7. The van der Waals surface area contributed by atoms with Gasteiger partial charge < -0.3 is 26.2 Å². The molecule has 8 aliphatic rings. The van der Waals surface area contributed by atoms with Gasteiger partial charge in [0.05, 0.1) is 104 Å². The van der Waals surface area contributed by atoms with Crippen molar-refractivity contribution in [1.82, 2.24) is 39.1 Å². The van der Waals surface area contributed by atoms with Crippen molar-refractivity contribution in [3.63, 3.8) is 0 Å². The van der Waals surface area contributed by atoms with Crippen molar-refractivity contribution in [1.29, 1.82) is 15.8 Å². The monoisotopic (exact) mass is 1800 g/mol. The molecule has 4 saturated carbocycles. The zero-order valence-electron chi connectivity index (χ0n) is 72.9. The molecule has 20 rings (SSSR count). The Morgan fingerprint density at radius 2 is 0.754 bits per heavy atom. The van der Waals surface area contributed by atoms with Gasteiger partial charge in [0.25, 0.3) is 0 Å². The van der Waals surface area contributed by atoms with Crippen molar-refractivity contribution in [3.8, 4) is 65.1 Å². The third-order valence-electron chi connectivity index (χ3n) is 29.1. The number of aromatic nitrogens is 8. The van der Waals surface area contributed by atoms with E-state index >= 15 is 0 Å². The molecule has 4 fully saturated rings. The molecular weight excluding hydrogens is 1700 g/mol. The molecule has 6 N–H and O–H groups in total. The van der Waals surface area contributed by atoms with Crippen LogP contribution >= 0.6 is 15.9 Å². The van der Waals surface area contributed by atoms with Gasteiger partial charge in [-0.3, -0.25) is 4.79 Å². The van der Waals surface area contributed by atoms with Crippen LogP contribution in [0.3, 0.4) is 0 Å². The normalized spacial score (nSPS) is 23.4. The van der Waals surface area contributed by atoms with E-state index in [-0.39, 0.29) is 33.2 Å². The second-order valence-corrected chi connectivity index (χ2v) is 36.0. The topological polar surface area (TPSA) is 267 Å². The molecule has 656 valence electrons. The lowest BCUT2D eigenvalue weighted by atomic mass is 9.63. The number of hydrogen-bond acceptors (Lipinski definition) is 12. The number of amides is 1. The van der Waals surface area contributed by atoms with Crippen LogP contribution in [0.2, 0.25) is 0 Å². The molecule has 0 bridgehead atoms. The van der Waals surface area contributed by atoms with Crippen LogP contribution in [-0.4, -0.2) is 87.9 Å². The van der Waals surface area contributed by atoms with Crippen LogP contribution in [0.1, 0.15) is 206 Å². The minimum absolute atomic E-state index is 0.176. The highest BCUT2D eigenvalue weighted by Crippen LogP contribution is 2.63. The number of fused-ring (bicyclic) bond motifs is 8. The number of para-hydroxylation sites is 4. The quantitative estimate of drug-likeness (QED) is 0.0474. The standard InChI is InChI=1S/C27H28FN3O2.C27H26FN3O.C27H22FN3O.C20H20N2O.C7H3BrFN/c1-2-26-16-19-17-30-31(22-6-4-3-5-7-22)24(19)14-20(26)11-13-27(26,33)12-10-18-8-9-21(28)15-23(18)25(29)32;2*1-2-26-16-21-18-30-31(24-6-4-3-5-7-24)25(21)15-22(26)11-13-27(26,32)12-10-19-8-9-23(28)14-20(19)17-29;1-3-19-13-15-14-21-22(17-8-6-5-7-9-17)18(15)12-16(19)10-11-20(19,23)4-2;8-7-2-1-6(9)3-5(7)4-10/h3-9,14-15,17,33H,2,10-13,16H2,1H3,(H2,29,32);3-9,14-15,18,32H,2,10-13,16H2,1H3;3-9,14-15,18,32H,2,11,13,16H2,1H3;2,5-9,12,14,23H,3,10-11,13H2,1H3;1-3H/t3*26-,27-;19-,20-;/m0000./s1. The molecular formula is C108H99BrF4N12O5. The summed E-state index contributed by atoms with van der Waals surface area (Å²) >= 11 is 3.10. The number of halogens is 5. The van der Waals surface area contributed by atoms with Gasteiger partial charge in [-0.2, -0.15) is 36.2 Å². The molecule has 1 amide bonds. The number of nitrogens with zero attached hydrogens (tertiary/aromatic N) is 11. The van der Waals surface area contributed by atoms with Gasteiger partial charge in [0, 0.05) is 37.3 Å². The lowest BCUT2D eigenvalue weighted by Crippen LogP contribution is -2.47. The predicted octanol–water partition coefficient (Wildman–Crippen LogP) is 20.6. The molecule has 17 nitrogen and oxygen atoms in total. The molecule has 0 aliphatic heterocycles. The van der Waals surface area contributed by atoms with Crippen LogP contribution in [0.15, 0.2) is 246 Å². The third-order valence-corrected chi connectivity index (χ3v) is 29.8. The van der Waals surface area contributed by atoms with Crippen molar-refractivity contribution in [2.75, 3.05) is 0 Å². The van der Waals surface area contributed by atoms with Gasteiger partial charge in [0.15, 0.2) is 0 Å². The fourth-order valence-corrected chi connectivity index (χ4v) is 22.2. The molecule has 4 heterocycles. The summed E-state index contributed by atoms with van der Waals surface area (Å²) in [4.78, 5) is 11.8. The minimum atomic E-state index is -1.23. The lowest BCUT2D eigenvalue weighted by Gasteiger charge is -2.45. The molecule has 4 aromatic heterocycles. The maximum absolute atomic E-state index is 13.7. The van der Waals surface area contributed by atoms with Gasteiger partial charge >= 0.3 is 0 Å². The summed E-state index contributed by atoms with van der Waals surface area (Å²) in [6, 6.07) is 62.7. The Morgan fingerprint density at radius 3 is 1.14 bits per heavy atom. The lowest BCUT2D eigenvalue weighted by molar-refractivity contribution is -0.0571. The molecule has 0 radical (unpaired) electrons. The second kappa shape index (κ2) is 36.7. The number of primary amides is 1. The summed E-state index contributed by atoms with van der Waals surface area (Å²) in [5.41, 5.74) is 20.8. The molecule has 8 atom stereocenters. The van der Waals surface area contributed by atoms with Crippen molar-refractivity contribution in [2.24, 2.45) is 27.4 Å². The van der Waals surface area contributed by atoms with Crippen molar-refractivity contribution < 1.29 is 42.8 Å². The second-order valence-electron chi connectivity index (χ2n) is 35.1. The largest absolute Gasteiger partial charge is 0.389 e. The van der Waals surface area contributed by atoms with Gasteiger partial charge in [0.1, 0.15) is 46.6 Å². The summed E-state index contributed by atoms with van der Waals surface area (Å²) in [7, 11) is 0. The molecule has 12 aromatic rings. The number of rotatable bonds is 15.